The van der Waals surface area contributed by atoms with Crippen LogP contribution in [0.3, 0.4) is 0 Å². The Morgan fingerprint density at radius 3 is 2.26 bits per heavy atom. The number of nitrogens with one attached hydrogen (secondary N) is 1. The lowest BCUT2D eigenvalue weighted by Gasteiger charge is -2.31. The normalized spacial score (nSPS) is 25.7. The van der Waals surface area contributed by atoms with Crippen molar-refractivity contribution in [3.05, 3.63) is 24.4 Å². The molecule has 3 fully saturated rings. The van der Waals surface area contributed by atoms with Gasteiger partial charge in [-0.05, 0) is 18.9 Å². The zero-order chi connectivity index (χ0) is 18.8. The Labute approximate surface area is 159 Å². The second-order valence-corrected chi connectivity index (χ2v) is 7.69. The third-order valence-electron chi connectivity index (χ3n) is 6.15. The zero-order valence-electron chi connectivity index (χ0n) is 15.6. The lowest BCUT2D eigenvalue weighted by atomic mass is 9.81. The number of hydrogen-bond donors (Lipinski definition) is 0. The molecule has 1 aliphatic carbocycles. The molecule has 3 heterocycles. The number of amides is 3. The fourth-order valence-corrected chi connectivity index (χ4v) is 4.59. The van der Waals surface area contributed by atoms with Gasteiger partial charge < -0.3 is 4.90 Å². The summed E-state index contributed by atoms with van der Waals surface area (Å²) in [5.74, 6) is 0.713. The molecule has 0 unspecified atom stereocenters. The van der Waals surface area contributed by atoms with Gasteiger partial charge >= 0.3 is 0 Å². The van der Waals surface area contributed by atoms with Gasteiger partial charge in [0, 0.05) is 19.0 Å². The Morgan fingerprint density at radius 2 is 1.67 bits per heavy atom. The molecule has 27 heavy (non-hydrogen) atoms. The third kappa shape index (κ3) is 3.55. The van der Waals surface area contributed by atoms with Crippen LogP contribution in [0.1, 0.15) is 32.1 Å². The lowest BCUT2D eigenvalue weighted by Crippen LogP contribution is -2.50. The number of piperazine rings is 1. The van der Waals surface area contributed by atoms with Gasteiger partial charge in [0.05, 0.1) is 31.1 Å². The first-order valence-electron chi connectivity index (χ1n) is 10.00. The molecule has 4 rings (SSSR count). The van der Waals surface area contributed by atoms with Crippen LogP contribution in [0, 0.1) is 11.8 Å². The first-order chi connectivity index (χ1) is 13.1. The van der Waals surface area contributed by atoms with Gasteiger partial charge in [0.25, 0.3) is 5.82 Å². The molecule has 3 amide bonds. The van der Waals surface area contributed by atoms with Crippen molar-refractivity contribution in [2.75, 3.05) is 37.6 Å². The Kier molecular flexibility index (Phi) is 5.09. The number of carbonyl (C=O) groups is 3. The van der Waals surface area contributed by atoms with E-state index in [9.17, 15) is 14.4 Å². The van der Waals surface area contributed by atoms with Crippen LogP contribution in [0.2, 0.25) is 0 Å². The maximum Gasteiger partial charge on any atom is 0.274 e. The number of pyridine rings is 1. The number of nitrogens with zero attached hydrogens (tertiary/aromatic N) is 3. The second kappa shape index (κ2) is 7.66. The zero-order valence-corrected chi connectivity index (χ0v) is 15.6. The number of aromatic nitrogens is 1. The van der Waals surface area contributed by atoms with Crippen molar-refractivity contribution in [1.82, 2.24) is 9.80 Å². The number of rotatable bonds is 4. The average molecular weight is 371 g/mol. The fraction of sp³-hybridized carbons (Fsp3) is 0.600. The van der Waals surface area contributed by atoms with Crippen LogP contribution in [0.15, 0.2) is 24.4 Å². The van der Waals surface area contributed by atoms with Crippen LogP contribution in [0.5, 0.6) is 0 Å². The fourth-order valence-electron chi connectivity index (χ4n) is 4.59. The van der Waals surface area contributed by atoms with Crippen LogP contribution in [-0.4, -0.2) is 60.2 Å². The highest BCUT2D eigenvalue weighted by Crippen LogP contribution is 2.38. The summed E-state index contributed by atoms with van der Waals surface area (Å²) in [6, 6.07) is 5.97. The maximum absolute atomic E-state index is 12.6. The molecule has 1 aromatic rings. The van der Waals surface area contributed by atoms with E-state index in [4.69, 9.17) is 0 Å². The van der Waals surface area contributed by atoms with E-state index >= 15 is 0 Å². The van der Waals surface area contributed by atoms with Crippen molar-refractivity contribution in [3.8, 4) is 0 Å². The summed E-state index contributed by atoms with van der Waals surface area (Å²) in [5, 5.41) is 0. The van der Waals surface area contributed by atoms with Gasteiger partial charge in [-0.3, -0.25) is 24.2 Å². The van der Waals surface area contributed by atoms with E-state index in [0.29, 0.717) is 13.1 Å². The van der Waals surface area contributed by atoms with Crippen molar-refractivity contribution in [2.45, 2.75) is 32.1 Å². The molecule has 2 atom stereocenters. The van der Waals surface area contributed by atoms with Gasteiger partial charge in [-0.25, -0.2) is 4.98 Å². The Balaban J connectivity index is 1.28. The molecule has 3 aliphatic rings. The third-order valence-corrected chi connectivity index (χ3v) is 6.15. The minimum atomic E-state index is -0.132. The molecule has 1 saturated carbocycles. The Morgan fingerprint density at radius 1 is 1.00 bits per heavy atom. The predicted molar refractivity (Wildman–Crippen MR) is 98.6 cm³/mol. The molecule has 0 aromatic carbocycles. The number of imide groups is 1. The minimum Gasteiger partial charge on any atom is -0.335 e. The molecular formula is C20H27N4O3+. The van der Waals surface area contributed by atoms with Gasteiger partial charge in [0.2, 0.25) is 17.7 Å². The largest absolute Gasteiger partial charge is 0.335 e. The minimum absolute atomic E-state index is 0.0298. The molecule has 2 aliphatic heterocycles. The Hall–Kier alpha value is -2.44. The SMILES string of the molecule is O=C(CCN1C(=O)[C@@H]2CCCC[C@H]2C1=O)N1CCN(c2cccc[nH+]2)CC1. The van der Waals surface area contributed by atoms with Crippen molar-refractivity contribution >= 4 is 23.5 Å². The van der Waals surface area contributed by atoms with Crippen LogP contribution < -0.4 is 9.88 Å². The van der Waals surface area contributed by atoms with Gasteiger partial charge in [-0.15, -0.1) is 0 Å². The van der Waals surface area contributed by atoms with E-state index in [1.54, 1.807) is 0 Å². The quantitative estimate of drug-likeness (QED) is 0.731. The molecular weight excluding hydrogens is 344 g/mol. The molecule has 1 aromatic heterocycles. The van der Waals surface area contributed by atoms with E-state index in [1.807, 2.05) is 29.3 Å². The number of fused-ring (bicyclic) bond motifs is 1. The summed E-state index contributed by atoms with van der Waals surface area (Å²) >= 11 is 0. The molecule has 144 valence electrons. The van der Waals surface area contributed by atoms with Crippen LogP contribution >= 0.6 is 0 Å². The summed E-state index contributed by atoms with van der Waals surface area (Å²) in [5.41, 5.74) is 0. The number of carbonyl (C=O) groups excluding carboxylic acids is 3. The van der Waals surface area contributed by atoms with Gasteiger partial charge in [-0.1, -0.05) is 18.9 Å². The smallest absolute Gasteiger partial charge is 0.274 e. The van der Waals surface area contributed by atoms with Crippen molar-refractivity contribution in [3.63, 3.8) is 0 Å². The summed E-state index contributed by atoms with van der Waals surface area (Å²) in [6.07, 6.45) is 5.81. The number of likely N-dealkylation sites (tertiary alicyclic amines) is 1. The monoisotopic (exact) mass is 371 g/mol. The topological polar surface area (TPSA) is 75.1 Å². The number of anilines is 1. The molecule has 2 saturated heterocycles. The van der Waals surface area contributed by atoms with Crippen LogP contribution in [-0.2, 0) is 14.4 Å². The number of hydrogen-bond acceptors (Lipinski definition) is 4. The highest BCUT2D eigenvalue weighted by molar-refractivity contribution is 6.05. The molecule has 7 nitrogen and oxygen atoms in total. The maximum atomic E-state index is 12.6. The standard InChI is InChI=1S/C20H26N4O3/c25-18(23-13-11-22(12-14-23)17-7-3-4-9-21-17)8-10-24-19(26)15-5-1-2-6-16(15)20(24)27/h3-4,7,9,15-16H,1-2,5-6,8,10-14H2/p+1/t15-,16-/m1/s1. The molecule has 0 bridgehead atoms. The average Bonchev–Trinajstić information content (AvgIpc) is 2.97. The predicted octanol–water partition coefficient (Wildman–Crippen LogP) is 0.715. The molecule has 0 radical (unpaired) electrons. The lowest BCUT2D eigenvalue weighted by molar-refractivity contribution is -0.364. The second-order valence-electron chi connectivity index (χ2n) is 7.69. The Bertz CT molecular complexity index is 691. The summed E-state index contributed by atoms with van der Waals surface area (Å²) in [6.45, 7) is 3.11. The van der Waals surface area contributed by atoms with E-state index in [0.717, 1.165) is 44.6 Å². The van der Waals surface area contributed by atoms with Gasteiger partial charge in [0.15, 0.2) is 0 Å². The van der Waals surface area contributed by atoms with Gasteiger partial charge in [-0.2, -0.15) is 0 Å². The van der Waals surface area contributed by atoms with Crippen molar-refractivity contribution < 1.29 is 19.4 Å². The molecule has 1 N–H and O–H groups in total. The van der Waals surface area contributed by atoms with Crippen molar-refractivity contribution in [1.29, 1.82) is 0 Å². The summed E-state index contributed by atoms with van der Waals surface area (Å²) in [7, 11) is 0. The number of H-pyrrole nitrogens is 1. The van der Waals surface area contributed by atoms with Gasteiger partial charge in [0.1, 0.15) is 13.1 Å². The van der Waals surface area contributed by atoms with E-state index < -0.39 is 0 Å². The number of aromatic amines is 1. The van der Waals surface area contributed by atoms with E-state index in [-0.39, 0.29) is 42.5 Å². The highest BCUT2D eigenvalue weighted by Gasteiger charge is 2.47. The summed E-state index contributed by atoms with van der Waals surface area (Å²) < 4.78 is 0. The molecule has 0 spiro atoms. The first kappa shape index (κ1) is 17.9. The van der Waals surface area contributed by atoms with E-state index in [1.165, 1.54) is 4.90 Å². The van der Waals surface area contributed by atoms with E-state index in [2.05, 4.69) is 9.88 Å². The van der Waals surface area contributed by atoms with Crippen molar-refractivity contribution in [2.24, 2.45) is 11.8 Å². The highest BCUT2D eigenvalue weighted by atomic mass is 16.2. The first-order valence-corrected chi connectivity index (χ1v) is 10.00. The van der Waals surface area contributed by atoms with Crippen LogP contribution in [0.25, 0.3) is 0 Å². The van der Waals surface area contributed by atoms with Crippen LogP contribution in [0.4, 0.5) is 5.82 Å². The molecule has 7 heteroatoms. The summed E-state index contributed by atoms with van der Waals surface area (Å²) in [4.78, 5) is 46.2.